The Balaban J connectivity index is 4.42. The standard InChI is InChI=1S/C62H104O6/c1-4-7-10-13-16-19-22-25-27-29-31-33-34-37-40-43-46-49-52-55-61(64)67-58-59(57-66-60(63)54-51-48-45-42-39-36-24-21-18-15-12-9-6-3)68-62(65)56-53-50-47-44-41-38-35-32-30-28-26-23-20-17-14-11-8-5-2/h7,9-10,12,15-16,18-19,21,24-25,27,32,35-36,39,59H,4-6,8,11,13-14,17,20,22-23,26,28-31,33-34,37-38,40-58H2,1-3H3/b10-7-,12-9-,18-15-,19-16-,24-21-,27-25-,35-32-,39-36-. The lowest BCUT2D eigenvalue weighted by Gasteiger charge is -2.18. The summed E-state index contributed by atoms with van der Waals surface area (Å²) in [6.45, 7) is 6.35. The van der Waals surface area contributed by atoms with Crippen molar-refractivity contribution in [3.63, 3.8) is 0 Å². The van der Waals surface area contributed by atoms with Crippen molar-refractivity contribution in [1.29, 1.82) is 0 Å². The molecular weight excluding hydrogens is 841 g/mol. The molecule has 6 heteroatoms. The van der Waals surface area contributed by atoms with Crippen molar-refractivity contribution in [2.45, 2.75) is 264 Å². The van der Waals surface area contributed by atoms with Gasteiger partial charge in [-0.25, -0.2) is 0 Å². The Hall–Kier alpha value is -3.67. The second-order valence-electron chi connectivity index (χ2n) is 18.5. The van der Waals surface area contributed by atoms with E-state index in [0.717, 1.165) is 103 Å². The molecule has 6 nitrogen and oxygen atoms in total. The smallest absolute Gasteiger partial charge is 0.306 e. The first-order valence-electron chi connectivity index (χ1n) is 28.3. The second-order valence-corrected chi connectivity index (χ2v) is 18.5. The van der Waals surface area contributed by atoms with Gasteiger partial charge in [0.2, 0.25) is 0 Å². The Bertz CT molecular complexity index is 1360. The molecule has 0 heterocycles. The van der Waals surface area contributed by atoms with Crippen LogP contribution in [-0.2, 0) is 28.6 Å². The monoisotopic (exact) mass is 945 g/mol. The predicted octanol–water partition coefficient (Wildman–Crippen LogP) is 18.9. The van der Waals surface area contributed by atoms with E-state index in [2.05, 4.69) is 87.6 Å². The molecule has 0 aliphatic rings. The summed E-state index contributed by atoms with van der Waals surface area (Å²) in [7, 11) is 0. The topological polar surface area (TPSA) is 78.9 Å². The maximum absolute atomic E-state index is 12.8. The van der Waals surface area contributed by atoms with Gasteiger partial charge in [0, 0.05) is 19.3 Å². The van der Waals surface area contributed by atoms with Crippen molar-refractivity contribution in [3.05, 3.63) is 97.2 Å². The number of carbonyl (C=O) groups excluding carboxylic acids is 3. The third-order valence-corrected chi connectivity index (χ3v) is 11.9. The van der Waals surface area contributed by atoms with E-state index in [1.807, 2.05) is 30.4 Å². The zero-order valence-corrected chi connectivity index (χ0v) is 44.3. The molecule has 0 rings (SSSR count). The summed E-state index contributed by atoms with van der Waals surface area (Å²) in [5, 5.41) is 0. The Kier molecular flexibility index (Phi) is 52.9. The van der Waals surface area contributed by atoms with Crippen LogP contribution in [0.1, 0.15) is 258 Å². The van der Waals surface area contributed by atoms with Crippen LogP contribution in [0.25, 0.3) is 0 Å². The number of allylic oxidation sites excluding steroid dienone is 16. The van der Waals surface area contributed by atoms with Gasteiger partial charge in [-0.1, -0.05) is 240 Å². The van der Waals surface area contributed by atoms with Crippen molar-refractivity contribution in [2.75, 3.05) is 13.2 Å². The van der Waals surface area contributed by atoms with Crippen LogP contribution >= 0.6 is 0 Å². The third kappa shape index (κ3) is 53.3. The van der Waals surface area contributed by atoms with Crippen LogP contribution < -0.4 is 0 Å². The normalized spacial score (nSPS) is 12.8. The summed E-state index contributed by atoms with van der Waals surface area (Å²) in [5.74, 6) is -0.948. The van der Waals surface area contributed by atoms with E-state index in [1.165, 1.54) is 116 Å². The van der Waals surface area contributed by atoms with Gasteiger partial charge >= 0.3 is 17.9 Å². The summed E-state index contributed by atoms with van der Waals surface area (Å²) in [6, 6.07) is 0. The molecule has 0 amide bonds. The SMILES string of the molecule is CC\C=C/C=C\C=C/C=C\CCCCCC(=O)OCC(COC(=O)CCCCCCCCCCC/C=C\C/C=C\C/C=C\CC)OC(=O)CCCCCCC/C=C\CCCCCCCCCCC. The number of rotatable bonds is 50. The van der Waals surface area contributed by atoms with Crippen LogP contribution in [0.15, 0.2) is 97.2 Å². The fourth-order valence-corrected chi connectivity index (χ4v) is 7.70. The van der Waals surface area contributed by atoms with Gasteiger partial charge in [-0.2, -0.15) is 0 Å². The Morgan fingerprint density at radius 2 is 0.647 bits per heavy atom. The first-order chi connectivity index (χ1) is 33.5. The van der Waals surface area contributed by atoms with E-state index >= 15 is 0 Å². The number of ether oxygens (including phenoxy) is 3. The van der Waals surface area contributed by atoms with Crippen molar-refractivity contribution < 1.29 is 28.6 Å². The van der Waals surface area contributed by atoms with Crippen molar-refractivity contribution in [1.82, 2.24) is 0 Å². The van der Waals surface area contributed by atoms with Crippen LogP contribution in [0.3, 0.4) is 0 Å². The van der Waals surface area contributed by atoms with Gasteiger partial charge in [0.15, 0.2) is 6.10 Å². The molecule has 68 heavy (non-hydrogen) atoms. The van der Waals surface area contributed by atoms with Crippen molar-refractivity contribution in [2.24, 2.45) is 0 Å². The molecule has 0 bridgehead atoms. The van der Waals surface area contributed by atoms with Crippen LogP contribution in [0, 0.1) is 0 Å². The molecule has 0 aliphatic heterocycles. The minimum atomic E-state index is -0.801. The second kappa shape index (κ2) is 55.9. The van der Waals surface area contributed by atoms with Crippen molar-refractivity contribution in [3.8, 4) is 0 Å². The van der Waals surface area contributed by atoms with Gasteiger partial charge in [0.1, 0.15) is 13.2 Å². The lowest BCUT2D eigenvalue weighted by Crippen LogP contribution is -2.30. The number of esters is 3. The van der Waals surface area contributed by atoms with Gasteiger partial charge in [-0.05, 0) is 96.3 Å². The average molecular weight is 946 g/mol. The molecule has 0 aromatic heterocycles. The molecule has 0 aromatic rings. The highest BCUT2D eigenvalue weighted by Crippen LogP contribution is 2.15. The molecule has 0 radical (unpaired) electrons. The molecule has 0 saturated heterocycles. The molecule has 0 spiro atoms. The van der Waals surface area contributed by atoms with Crippen LogP contribution in [-0.4, -0.2) is 37.2 Å². The third-order valence-electron chi connectivity index (χ3n) is 11.9. The highest BCUT2D eigenvalue weighted by Gasteiger charge is 2.19. The van der Waals surface area contributed by atoms with Gasteiger partial charge in [-0.3, -0.25) is 14.4 Å². The quantitative estimate of drug-likeness (QED) is 0.0199. The van der Waals surface area contributed by atoms with Crippen LogP contribution in [0.4, 0.5) is 0 Å². The van der Waals surface area contributed by atoms with Crippen LogP contribution in [0.2, 0.25) is 0 Å². The van der Waals surface area contributed by atoms with Crippen LogP contribution in [0.5, 0.6) is 0 Å². The van der Waals surface area contributed by atoms with E-state index in [4.69, 9.17) is 14.2 Å². The fraction of sp³-hybridized carbons (Fsp3) is 0.694. The van der Waals surface area contributed by atoms with Crippen molar-refractivity contribution >= 4 is 17.9 Å². The lowest BCUT2D eigenvalue weighted by atomic mass is 10.1. The molecule has 0 aliphatic carbocycles. The van der Waals surface area contributed by atoms with E-state index in [9.17, 15) is 14.4 Å². The molecule has 388 valence electrons. The first-order valence-corrected chi connectivity index (χ1v) is 28.3. The number of hydrogen-bond donors (Lipinski definition) is 0. The average Bonchev–Trinajstić information content (AvgIpc) is 3.34. The van der Waals surface area contributed by atoms with Gasteiger partial charge in [0.05, 0.1) is 0 Å². The highest BCUT2D eigenvalue weighted by molar-refractivity contribution is 5.71. The molecular formula is C62H104O6. The van der Waals surface area contributed by atoms with Gasteiger partial charge in [0.25, 0.3) is 0 Å². The summed E-state index contributed by atoms with van der Waals surface area (Å²) in [5.41, 5.74) is 0. The molecule has 1 atom stereocenters. The number of carbonyl (C=O) groups is 3. The fourth-order valence-electron chi connectivity index (χ4n) is 7.70. The summed E-state index contributed by atoms with van der Waals surface area (Å²) < 4.78 is 16.8. The molecule has 0 fully saturated rings. The lowest BCUT2D eigenvalue weighted by molar-refractivity contribution is -0.167. The minimum absolute atomic E-state index is 0.0969. The Labute approximate surface area is 419 Å². The van der Waals surface area contributed by atoms with E-state index in [1.54, 1.807) is 0 Å². The highest BCUT2D eigenvalue weighted by atomic mass is 16.6. The van der Waals surface area contributed by atoms with E-state index in [-0.39, 0.29) is 31.1 Å². The zero-order valence-electron chi connectivity index (χ0n) is 44.3. The first kappa shape index (κ1) is 64.3. The van der Waals surface area contributed by atoms with E-state index in [0.29, 0.717) is 19.3 Å². The number of unbranched alkanes of at least 4 members (excludes halogenated alkanes) is 26. The molecule has 1 unspecified atom stereocenters. The molecule has 0 aromatic carbocycles. The predicted molar refractivity (Wildman–Crippen MR) is 293 cm³/mol. The van der Waals surface area contributed by atoms with E-state index < -0.39 is 6.10 Å². The molecule has 0 saturated carbocycles. The summed E-state index contributed by atoms with van der Waals surface area (Å²) in [4.78, 5) is 38.1. The minimum Gasteiger partial charge on any atom is -0.462 e. The zero-order chi connectivity index (χ0) is 49.3. The Morgan fingerprint density at radius 1 is 0.324 bits per heavy atom. The summed E-state index contributed by atoms with van der Waals surface area (Å²) in [6.07, 6.45) is 74.0. The summed E-state index contributed by atoms with van der Waals surface area (Å²) >= 11 is 0. The maximum atomic E-state index is 12.8. The Morgan fingerprint density at radius 3 is 1.10 bits per heavy atom. The number of hydrogen-bond acceptors (Lipinski definition) is 6. The van der Waals surface area contributed by atoms with Gasteiger partial charge < -0.3 is 14.2 Å². The van der Waals surface area contributed by atoms with Gasteiger partial charge in [-0.15, -0.1) is 0 Å². The maximum Gasteiger partial charge on any atom is 0.306 e. The molecule has 0 N–H and O–H groups in total. The largest absolute Gasteiger partial charge is 0.462 e.